The molecule has 0 bridgehead atoms. The predicted molar refractivity (Wildman–Crippen MR) is 137 cm³/mol. The van der Waals surface area contributed by atoms with Crippen LogP contribution in [0.2, 0.25) is 0 Å². The van der Waals surface area contributed by atoms with E-state index in [0.29, 0.717) is 23.8 Å². The number of rotatable bonds is 8. The van der Waals surface area contributed by atoms with Crippen molar-refractivity contribution < 1.29 is 19.8 Å². The highest BCUT2D eigenvalue weighted by Gasteiger charge is 2.61. The van der Waals surface area contributed by atoms with E-state index in [1.807, 2.05) is 6.08 Å². The lowest BCUT2D eigenvalue weighted by Gasteiger charge is -2.59. The molecule has 2 N–H and O–H groups in total. The summed E-state index contributed by atoms with van der Waals surface area (Å²) in [6.45, 7) is 17.5. The highest BCUT2D eigenvalue weighted by molar-refractivity contribution is 5.85. The molecule has 4 heteroatoms. The van der Waals surface area contributed by atoms with Crippen LogP contribution in [0, 0.1) is 28.1 Å². The van der Waals surface area contributed by atoms with Gasteiger partial charge in [-0.15, -0.1) is 0 Å². The van der Waals surface area contributed by atoms with Crippen LogP contribution in [-0.4, -0.2) is 22.2 Å². The molecule has 0 radical (unpaired) electrons. The zero-order valence-electron chi connectivity index (χ0n) is 22.1. The molecular formula is C30H44O4. The van der Waals surface area contributed by atoms with Crippen molar-refractivity contribution in [1.29, 1.82) is 0 Å². The Hall–Kier alpha value is -2.10. The Morgan fingerprint density at radius 1 is 1.12 bits per heavy atom. The van der Waals surface area contributed by atoms with Crippen LogP contribution in [0.1, 0.15) is 99.3 Å². The van der Waals surface area contributed by atoms with Crippen molar-refractivity contribution in [2.75, 3.05) is 0 Å². The molecule has 4 nitrogen and oxygen atoms in total. The molecule has 0 amide bonds. The van der Waals surface area contributed by atoms with Crippen LogP contribution in [0.4, 0.5) is 0 Å². The third-order valence-electron chi connectivity index (χ3n) is 10.1. The summed E-state index contributed by atoms with van der Waals surface area (Å²) in [6, 6.07) is 0. The van der Waals surface area contributed by atoms with E-state index in [4.69, 9.17) is 5.11 Å². The van der Waals surface area contributed by atoms with Crippen molar-refractivity contribution in [3.05, 3.63) is 46.6 Å². The van der Waals surface area contributed by atoms with E-state index >= 15 is 0 Å². The maximum Gasteiger partial charge on any atom is 0.330 e. The van der Waals surface area contributed by atoms with Crippen LogP contribution in [0.3, 0.4) is 0 Å². The highest BCUT2D eigenvalue weighted by Crippen LogP contribution is 2.70. The minimum Gasteiger partial charge on any atom is -0.481 e. The van der Waals surface area contributed by atoms with Crippen molar-refractivity contribution in [3.63, 3.8) is 0 Å². The SMILES string of the molecule is C=C(C)C1CCC2C(=CCC3(C)/C(=C(\C)CC/C=C(\C)C(=O)O)CCC23C)C1(C)CCC(=O)O. The van der Waals surface area contributed by atoms with Crippen LogP contribution < -0.4 is 0 Å². The Morgan fingerprint density at radius 3 is 2.38 bits per heavy atom. The van der Waals surface area contributed by atoms with Crippen molar-refractivity contribution in [2.24, 2.45) is 28.1 Å². The molecule has 0 heterocycles. The first-order valence-corrected chi connectivity index (χ1v) is 12.9. The normalized spacial score (nSPS) is 36.9. The van der Waals surface area contributed by atoms with Gasteiger partial charge in [-0.2, -0.15) is 0 Å². The molecule has 0 aromatic rings. The molecule has 34 heavy (non-hydrogen) atoms. The van der Waals surface area contributed by atoms with E-state index in [1.54, 1.807) is 12.5 Å². The molecule has 3 aliphatic carbocycles. The lowest BCUT2D eigenvalue weighted by atomic mass is 9.45. The Labute approximate surface area is 205 Å². The maximum atomic E-state index is 11.5. The third kappa shape index (κ3) is 4.33. The fraction of sp³-hybridized carbons (Fsp3) is 0.667. The molecule has 5 unspecified atom stereocenters. The van der Waals surface area contributed by atoms with Gasteiger partial charge in [0, 0.05) is 12.0 Å². The van der Waals surface area contributed by atoms with Gasteiger partial charge in [-0.05, 0) is 100 Å². The quantitative estimate of drug-likeness (QED) is 0.282. The molecule has 3 rings (SSSR count). The van der Waals surface area contributed by atoms with Gasteiger partial charge in [0.15, 0.2) is 0 Å². The van der Waals surface area contributed by atoms with Crippen molar-refractivity contribution in [3.8, 4) is 0 Å². The Balaban J connectivity index is 1.96. The van der Waals surface area contributed by atoms with Gasteiger partial charge < -0.3 is 10.2 Å². The number of hydrogen-bond donors (Lipinski definition) is 2. The van der Waals surface area contributed by atoms with E-state index < -0.39 is 11.9 Å². The topological polar surface area (TPSA) is 74.6 Å². The molecule has 188 valence electrons. The van der Waals surface area contributed by atoms with E-state index in [9.17, 15) is 14.7 Å². The first-order chi connectivity index (χ1) is 15.8. The van der Waals surface area contributed by atoms with Crippen LogP contribution in [0.5, 0.6) is 0 Å². The summed E-state index contributed by atoms with van der Waals surface area (Å²) >= 11 is 0. The van der Waals surface area contributed by atoms with Gasteiger partial charge in [0.2, 0.25) is 0 Å². The van der Waals surface area contributed by atoms with Gasteiger partial charge in [-0.1, -0.05) is 61.8 Å². The molecule has 2 saturated carbocycles. The lowest BCUT2D eigenvalue weighted by Crippen LogP contribution is -2.50. The number of fused-ring (bicyclic) bond motifs is 3. The van der Waals surface area contributed by atoms with Crippen molar-refractivity contribution >= 4 is 11.9 Å². The van der Waals surface area contributed by atoms with Crippen molar-refractivity contribution in [1.82, 2.24) is 0 Å². The summed E-state index contributed by atoms with van der Waals surface area (Å²) in [4.78, 5) is 22.6. The molecule has 0 spiro atoms. The summed E-state index contributed by atoms with van der Waals surface area (Å²) < 4.78 is 0. The zero-order valence-corrected chi connectivity index (χ0v) is 22.1. The molecule has 3 aliphatic rings. The molecular weight excluding hydrogens is 424 g/mol. The molecule has 0 aliphatic heterocycles. The molecule has 2 fully saturated rings. The number of hydrogen-bond acceptors (Lipinski definition) is 2. The third-order valence-corrected chi connectivity index (χ3v) is 10.1. The number of carboxylic acids is 2. The van der Waals surface area contributed by atoms with Crippen LogP contribution in [0.15, 0.2) is 46.6 Å². The largest absolute Gasteiger partial charge is 0.481 e. The second-order valence-electron chi connectivity index (χ2n) is 11.9. The lowest BCUT2D eigenvalue weighted by molar-refractivity contribution is -0.138. The number of aliphatic carboxylic acids is 2. The minimum atomic E-state index is -0.841. The van der Waals surface area contributed by atoms with Gasteiger partial charge in [-0.25, -0.2) is 4.79 Å². The minimum absolute atomic E-state index is 0.0978. The molecule has 0 aromatic heterocycles. The second-order valence-corrected chi connectivity index (χ2v) is 11.9. The second kappa shape index (κ2) is 9.51. The first kappa shape index (κ1) is 26.5. The average molecular weight is 469 g/mol. The van der Waals surface area contributed by atoms with Gasteiger partial charge >= 0.3 is 11.9 Å². The zero-order chi connectivity index (χ0) is 25.5. The summed E-state index contributed by atoms with van der Waals surface area (Å²) in [7, 11) is 0. The predicted octanol–water partition coefficient (Wildman–Crippen LogP) is 7.72. The summed E-state index contributed by atoms with van der Waals surface area (Å²) in [5.74, 6) is -0.748. The highest BCUT2D eigenvalue weighted by atomic mass is 16.4. The standard InChI is InChI=1S/C30H44O4/c1-19(2)22-11-12-25-24(28(22,5)16-15-26(31)32)14-18-29(6)23(13-17-30(25,29)7)20(3)9-8-10-21(4)27(33)34/h10,14,22,25H,1,8-9,11-13,15-18H2,2-7H3,(H,31,32)(H,33,34)/b21-10+,23-20+. The van der Waals surface area contributed by atoms with E-state index in [1.165, 1.54) is 16.7 Å². The van der Waals surface area contributed by atoms with E-state index in [-0.39, 0.29) is 22.7 Å². The van der Waals surface area contributed by atoms with Crippen LogP contribution in [-0.2, 0) is 9.59 Å². The van der Waals surface area contributed by atoms with Crippen LogP contribution >= 0.6 is 0 Å². The van der Waals surface area contributed by atoms with Gasteiger partial charge in [-0.3, -0.25) is 4.79 Å². The number of carboxylic acid groups (broad SMARTS) is 2. The Kier molecular flexibility index (Phi) is 7.41. The molecule has 0 saturated heterocycles. The van der Waals surface area contributed by atoms with Gasteiger partial charge in [0.25, 0.3) is 0 Å². The Bertz CT molecular complexity index is 966. The van der Waals surface area contributed by atoms with Crippen molar-refractivity contribution in [2.45, 2.75) is 99.3 Å². The van der Waals surface area contributed by atoms with E-state index in [0.717, 1.165) is 44.9 Å². The molecule has 5 atom stereocenters. The average Bonchev–Trinajstić information content (AvgIpc) is 3.03. The van der Waals surface area contributed by atoms with E-state index in [2.05, 4.69) is 47.3 Å². The summed E-state index contributed by atoms with van der Waals surface area (Å²) in [5.41, 5.74) is 6.19. The number of carbonyl (C=O) groups is 2. The monoisotopic (exact) mass is 468 g/mol. The fourth-order valence-corrected chi connectivity index (χ4v) is 7.86. The summed E-state index contributed by atoms with van der Waals surface area (Å²) in [6.07, 6.45) is 12.4. The summed E-state index contributed by atoms with van der Waals surface area (Å²) in [5, 5.41) is 18.6. The first-order valence-electron chi connectivity index (χ1n) is 12.9. The Morgan fingerprint density at radius 2 is 1.79 bits per heavy atom. The van der Waals surface area contributed by atoms with Gasteiger partial charge in [0.05, 0.1) is 0 Å². The smallest absolute Gasteiger partial charge is 0.330 e. The molecule has 0 aromatic carbocycles. The maximum absolute atomic E-state index is 11.5. The number of allylic oxidation sites excluding steroid dienone is 6. The fourth-order valence-electron chi connectivity index (χ4n) is 7.86. The van der Waals surface area contributed by atoms with Crippen LogP contribution in [0.25, 0.3) is 0 Å². The van der Waals surface area contributed by atoms with Gasteiger partial charge in [0.1, 0.15) is 0 Å².